The van der Waals surface area contributed by atoms with Crippen molar-refractivity contribution in [2.24, 2.45) is 4.99 Å². The molecule has 0 saturated carbocycles. The molecule has 0 aliphatic carbocycles. The van der Waals surface area contributed by atoms with Gasteiger partial charge < -0.3 is 20.0 Å². The Morgan fingerprint density at radius 1 is 0.848 bits per heavy atom. The van der Waals surface area contributed by atoms with Gasteiger partial charge >= 0.3 is 5.97 Å². The Bertz CT molecular complexity index is 490. The molecule has 1 unspecified atom stereocenters. The van der Waals surface area contributed by atoms with Crippen LogP contribution in [0.2, 0.25) is 0 Å². The maximum atomic E-state index is 12.5. The first-order valence-corrected chi connectivity index (χ1v) is 14.1. The van der Waals surface area contributed by atoms with Gasteiger partial charge in [-0.05, 0) is 103 Å². The lowest BCUT2D eigenvalue weighted by Gasteiger charge is -2.19. The van der Waals surface area contributed by atoms with E-state index >= 15 is 0 Å². The molecule has 0 aromatic heterocycles. The lowest BCUT2D eigenvalue weighted by Crippen LogP contribution is -2.23. The Kier molecular flexibility index (Phi) is 20.4. The van der Waals surface area contributed by atoms with E-state index in [9.17, 15) is 4.79 Å². The molecule has 0 spiro atoms. The molecule has 0 bridgehead atoms. The second kappa shape index (κ2) is 22.6. The molecule has 1 atom stereocenters. The third-order valence-electron chi connectivity index (χ3n) is 6.77. The molecular formula is C28H53N3O2. The summed E-state index contributed by atoms with van der Waals surface area (Å²) in [6.45, 7) is 3.44. The van der Waals surface area contributed by atoms with Gasteiger partial charge in [-0.15, -0.1) is 0 Å². The molecule has 33 heavy (non-hydrogen) atoms. The van der Waals surface area contributed by atoms with Gasteiger partial charge in [0.2, 0.25) is 0 Å². The number of aliphatic imine (C=N–C) groups is 1. The van der Waals surface area contributed by atoms with Gasteiger partial charge in [0.1, 0.15) is 6.10 Å². The van der Waals surface area contributed by atoms with Crippen molar-refractivity contribution in [1.82, 2.24) is 4.90 Å². The molecule has 1 N–H and O–H groups in total. The molecule has 5 nitrogen and oxygen atoms in total. The highest BCUT2D eigenvalue weighted by molar-refractivity contribution is 5.69. The van der Waals surface area contributed by atoms with E-state index in [1.165, 1.54) is 96.4 Å². The Balaban J connectivity index is 2.19. The van der Waals surface area contributed by atoms with Gasteiger partial charge in [-0.25, -0.2) is 0 Å². The van der Waals surface area contributed by atoms with Crippen molar-refractivity contribution >= 4 is 18.4 Å². The molecular weight excluding hydrogens is 410 g/mol. The molecule has 1 aliphatic rings. The van der Waals surface area contributed by atoms with Crippen LogP contribution in [-0.4, -0.2) is 56.1 Å². The zero-order valence-corrected chi connectivity index (χ0v) is 21.7. The highest BCUT2D eigenvalue weighted by Gasteiger charge is 2.16. The van der Waals surface area contributed by atoms with Gasteiger partial charge in [0.15, 0.2) is 0 Å². The molecule has 0 aromatic rings. The monoisotopic (exact) mass is 463 g/mol. The first-order chi connectivity index (χ1) is 16.3. The molecule has 1 saturated heterocycles. The van der Waals surface area contributed by atoms with Crippen LogP contribution in [0.5, 0.6) is 0 Å². The van der Waals surface area contributed by atoms with Gasteiger partial charge in [-0.3, -0.25) is 4.79 Å². The molecule has 192 valence electrons. The highest BCUT2D eigenvalue weighted by atomic mass is 16.5. The normalized spacial score (nSPS) is 15.3. The molecule has 0 aromatic carbocycles. The second-order valence-corrected chi connectivity index (χ2v) is 9.81. The van der Waals surface area contributed by atoms with E-state index in [4.69, 9.17) is 10.1 Å². The SMILES string of the molecule is CN=CCCCCCCCCC(CCCCCCCCC=N)OC(=O)CCCN1CCCC1. The zero-order chi connectivity index (χ0) is 23.8. The molecule has 1 aliphatic heterocycles. The fourth-order valence-electron chi connectivity index (χ4n) is 4.73. The van der Waals surface area contributed by atoms with E-state index in [2.05, 4.69) is 9.89 Å². The van der Waals surface area contributed by atoms with Crippen molar-refractivity contribution in [3.63, 3.8) is 0 Å². The Morgan fingerprint density at radius 3 is 1.97 bits per heavy atom. The standard InChI is InChI=1S/C28H53N3O2/c1-30-23-15-11-7-3-5-9-13-20-27(19-12-8-4-2-6-10-14-22-29)33-28(32)21-18-26-31-24-16-17-25-31/h22-23,27,29H,2-21,24-26H2,1H3. The first-order valence-electron chi connectivity index (χ1n) is 14.1. The molecule has 0 amide bonds. The zero-order valence-electron chi connectivity index (χ0n) is 21.7. The lowest BCUT2D eigenvalue weighted by molar-refractivity contribution is -0.150. The Morgan fingerprint density at radius 2 is 1.39 bits per heavy atom. The van der Waals surface area contributed by atoms with Crippen LogP contribution < -0.4 is 0 Å². The fraction of sp³-hybridized carbons (Fsp3) is 0.893. The van der Waals surface area contributed by atoms with E-state index in [0.717, 1.165) is 51.5 Å². The summed E-state index contributed by atoms with van der Waals surface area (Å²) in [7, 11) is 1.84. The summed E-state index contributed by atoms with van der Waals surface area (Å²) in [6.07, 6.45) is 26.7. The third kappa shape index (κ3) is 18.8. The van der Waals surface area contributed by atoms with E-state index in [1.54, 1.807) is 0 Å². The highest BCUT2D eigenvalue weighted by Crippen LogP contribution is 2.18. The third-order valence-corrected chi connectivity index (χ3v) is 6.77. The number of ether oxygens (including phenoxy) is 1. The van der Waals surface area contributed by atoms with Gasteiger partial charge in [0.25, 0.3) is 0 Å². The van der Waals surface area contributed by atoms with Gasteiger partial charge in [0, 0.05) is 13.5 Å². The predicted octanol–water partition coefficient (Wildman–Crippen LogP) is 7.37. The minimum absolute atomic E-state index is 0.0171. The van der Waals surface area contributed by atoms with Crippen molar-refractivity contribution in [2.45, 2.75) is 135 Å². The summed E-state index contributed by atoms with van der Waals surface area (Å²) in [5.41, 5.74) is 0. The van der Waals surface area contributed by atoms with Gasteiger partial charge in [-0.1, -0.05) is 51.4 Å². The number of nitrogens with one attached hydrogen (secondary N) is 1. The molecule has 1 heterocycles. The Hall–Kier alpha value is -1.23. The number of hydrogen-bond donors (Lipinski definition) is 1. The van der Waals surface area contributed by atoms with Crippen LogP contribution in [0, 0.1) is 5.41 Å². The van der Waals surface area contributed by atoms with Crippen LogP contribution in [0.15, 0.2) is 4.99 Å². The van der Waals surface area contributed by atoms with E-state index in [0.29, 0.717) is 6.42 Å². The van der Waals surface area contributed by atoms with Crippen molar-refractivity contribution in [3.05, 3.63) is 0 Å². The van der Waals surface area contributed by atoms with Gasteiger partial charge in [-0.2, -0.15) is 0 Å². The second-order valence-electron chi connectivity index (χ2n) is 9.81. The largest absolute Gasteiger partial charge is 0.462 e. The number of hydrogen-bond acceptors (Lipinski definition) is 5. The number of likely N-dealkylation sites (tertiary alicyclic amines) is 1. The number of nitrogens with zero attached hydrogens (tertiary/aromatic N) is 2. The molecule has 1 fully saturated rings. The number of carbonyl (C=O) groups excluding carboxylic acids is 1. The van der Waals surface area contributed by atoms with Crippen molar-refractivity contribution < 1.29 is 9.53 Å². The quantitative estimate of drug-likeness (QED) is 0.0977. The Labute approximate surface area is 204 Å². The summed E-state index contributed by atoms with van der Waals surface area (Å²) in [5.74, 6) is 0.0171. The van der Waals surface area contributed by atoms with Crippen LogP contribution in [-0.2, 0) is 9.53 Å². The van der Waals surface area contributed by atoms with Crippen LogP contribution in [0.3, 0.4) is 0 Å². The maximum absolute atomic E-state index is 12.5. The molecule has 1 rings (SSSR count). The number of esters is 1. The van der Waals surface area contributed by atoms with Crippen LogP contribution >= 0.6 is 0 Å². The smallest absolute Gasteiger partial charge is 0.306 e. The minimum atomic E-state index is 0.0171. The van der Waals surface area contributed by atoms with E-state index in [1.807, 2.05) is 13.3 Å². The maximum Gasteiger partial charge on any atom is 0.306 e. The predicted molar refractivity (Wildman–Crippen MR) is 142 cm³/mol. The van der Waals surface area contributed by atoms with Crippen molar-refractivity contribution in [1.29, 1.82) is 5.41 Å². The number of unbranched alkanes of at least 4 members (excludes halogenated alkanes) is 12. The average Bonchev–Trinajstić information content (AvgIpc) is 3.33. The van der Waals surface area contributed by atoms with Crippen LogP contribution in [0.4, 0.5) is 0 Å². The fourth-order valence-corrected chi connectivity index (χ4v) is 4.73. The van der Waals surface area contributed by atoms with Crippen LogP contribution in [0.25, 0.3) is 0 Å². The van der Waals surface area contributed by atoms with Gasteiger partial charge in [0.05, 0.1) is 0 Å². The number of rotatable bonds is 23. The number of carbonyl (C=O) groups is 1. The topological polar surface area (TPSA) is 65.8 Å². The summed E-state index contributed by atoms with van der Waals surface area (Å²) in [5, 5.41) is 7.09. The molecule has 0 radical (unpaired) electrons. The average molecular weight is 464 g/mol. The summed E-state index contributed by atoms with van der Waals surface area (Å²) in [6, 6.07) is 0. The first kappa shape index (κ1) is 29.8. The summed E-state index contributed by atoms with van der Waals surface area (Å²) >= 11 is 0. The van der Waals surface area contributed by atoms with E-state index in [-0.39, 0.29) is 12.1 Å². The lowest BCUT2D eigenvalue weighted by atomic mass is 10.0. The van der Waals surface area contributed by atoms with Crippen molar-refractivity contribution in [3.8, 4) is 0 Å². The van der Waals surface area contributed by atoms with Crippen molar-refractivity contribution in [2.75, 3.05) is 26.7 Å². The van der Waals surface area contributed by atoms with Crippen LogP contribution in [0.1, 0.15) is 128 Å². The van der Waals surface area contributed by atoms with E-state index < -0.39 is 0 Å². The minimum Gasteiger partial charge on any atom is -0.462 e. The summed E-state index contributed by atoms with van der Waals surface area (Å²) in [4.78, 5) is 19.0. The molecule has 5 heteroatoms. The summed E-state index contributed by atoms with van der Waals surface area (Å²) < 4.78 is 5.95.